The molecular weight excluding hydrogens is 258 g/mol. The summed E-state index contributed by atoms with van der Waals surface area (Å²) in [6.45, 7) is 3.10. The molecule has 0 spiro atoms. The summed E-state index contributed by atoms with van der Waals surface area (Å²) in [6.07, 6.45) is 3.05. The van der Waals surface area contributed by atoms with Crippen LogP contribution >= 0.6 is 0 Å². The zero-order valence-corrected chi connectivity index (χ0v) is 11.6. The molecule has 0 radical (unpaired) electrons. The van der Waals surface area contributed by atoms with Gasteiger partial charge in [0.2, 0.25) is 17.6 Å². The fraction of sp³-hybridized carbons (Fsp3) is 0.538. The van der Waals surface area contributed by atoms with Crippen LogP contribution in [0.1, 0.15) is 32.1 Å². The van der Waals surface area contributed by atoms with Crippen molar-refractivity contribution in [3.8, 4) is 17.4 Å². The first kappa shape index (κ1) is 13.0. The van der Waals surface area contributed by atoms with Crippen molar-refractivity contribution in [1.82, 2.24) is 25.7 Å². The van der Waals surface area contributed by atoms with Gasteiger partial charge in [0.1, 0.15) is 5.69 Å². The van der Waals surface area contributed by atoms with Crippen molar-refractivity contribution in [3.05, 3.63) is 18.0 Å². The first-order valence-electron chi connectivity index (χ1n) is 6.75. The summed E-state index contributed by atoms with van der Waals surface area (Å²) in [5, 5.41) is 15.4. The molecule has 0 aromatic carbocycles. The Hall–Kier alpha value is -2.02. The van der Waals surface area contributed by atoms with Gasteiger partial charge >= 0.3 is 0 Å². The lowest BCUT2D eigenvalue weighted by Crippen LogP contribution is -2.36. The Labute approximate surface area is 116 Å². The van der Waals surface area contributed by atoms with Gasteiger partial charge in [-0.25, -0.2) is 0 Å². The second-order valence-corrected chi connectivity index (χ2v) is 4.85. The van der Waals surface area contributed by atoms with E-state index in [2.05, 4.69) is 32.6 Å². The molecule has 0 amide bonds. The van der Waals surface area contributed by atoms with Crippen molar-refractivity contribution in [2.75, 3.05) is 13.7 Å². The standard InChI is InChI=1S/C13H17N5O2/c1-3-13(7-4-8-14-13)12-15-11(18-20-12)9-5-6-10(19-2)17-16-9/h5-6,14H,3-4,7-8H2,1-2H3. The Bertz CT molecular complexity index is 575. The van der Waals surface area contributed by atoms with Gasteiger partial charge in [0, 0.05) is 6.07 Å². The maximum Gasteiger partial charge on any atom is 0.247 e. The molecule has 20 heavy (non-hydrogen) atoms. The maximum absolute atomic E-state index is 5.43. The maximum atomic E-state index is 5.43. The number of nitrogens with zero attached hydrogens (tertiary/aromatic N) is 4. The first-order chi connectivity index (χ1) is 9.77. The molecule has 0 saturated carbocycles. The second kappa shape index (κ2) is 5.16. The fourth-order valence-corrected chi connectivity index (χ4v) is 2.51. The highest BCUT2D eigenvalue weighted by Crippen LogP contribution is 2.33. The van der Waals surface area contributed by atoms with Gasteiger partial charge in [-0.05, 0) is 31.9 Å². The monoisotopic (exact) mass is 275 g/mol. The van der Waals surface area contributed by atoms with E-state index < -0.39 is 0 Å². The lowest BCUT2D eigenvalue weighted by atomic mass is 9.94. The van der Waals surface area contributed by atoms with Crippen LogP contribution in [0.2, 0.25) is 0 Å². The SMILES string of the molecule is CCC1(c2nc(-c3ccc(OC)nn3)no2)CCCN1. The lowest BCUT2D eigenvalue weighted by molar-refractivity contribution is 0.250. The van der Waals surface area contributed by atoms with Crippen LogP contribution in [0.25, 0.3) is 11.5 Å². The molecule has 1 aliphatic rings. The van der Waals surface area contributed by atoms with Crippen molar-refractivity contribution >= 4 is 0 Å². The van der Waals surface area contributed by atoms with Crippen molar-refractivity contribution in [2.24, 2.45) is 0 Å². The molecule has 1 saturated heterocycles. The molecule has 1 aliphatic heterocycles. The van der Waals surface area contributed by atoms with Crippen LogP contribution in [0.5, 0.6) is 5.88 Å². The molecular formula is C13H17N5O2. The molecule has 1 unspecified atom stereocenters. The minimum Gasteiger partial charge on any atom is -0.480 e. The van der Waals surface area contributed by atoms with E-state index in [9.17, 15) is 0 Å². The molecule has 2 aromatic heterocycles. The molecule has 0 aliphatic carbocycles. The van der Waals surface area contributed by atoms with Crippen LogP contribution in [0.4, 0.5) is 0 Å². The first-order valence-corrected chi connectivity index (χ1v) is 6.75. The third kappa shape index (κ3) is 2.14. The third-order valence-electron chi connectivity index (χ3n) is 3.76. The lowest BCUT2D eigenvalue weighted by Gasteiger charge is -2.22. The van der Waals surface area contributed by atoms with E-state index in [1.165, 1.54) is 0 Å². The minimum atomic E-state index is -0.189. The molecule has 7 nitrogen and oxygen atoms in total. The van der Waals surface area contributed by atoms with Gasteiger partial charge in [0.25, 0.3) is 0 Å². The molecule has 1 fully saturated rings. The van der Waals surface area contributed by atoms with Gasteiger partial charge in [-0.1, -0.05) is 12.1 Å². The van der Waals surface area contributed by atoms with E-state index in [1.807, 2.05) is 0 Å². The quantitative estimate of drug-likeness (QED) is 0.905. The number of ether oxygens (including phenoxy) is 1. The van der Waals surface area contributed by atoms with Crippen LogP contribution in [-0.4, -0.2) is 34.0 Å². The molecule has 0 bridgehead atoms. The summed E-state index contributed by atoms with van der Waals surface area (Å²) in [7, 11) is 1.55. The Morgan fingerprint density at radius 2 is 2.30 bits per heavy atom. The highest BCUT2D eigenvalue weighted by atomic mass is 16.5. The van der Waals surface area contributed by atoms with Gasteiger partial charge in [0.05, 0.1) is 12.6 Å². The van der Waals surface area contributed by atoms with Crippen molar-refractivity contribution in [3.63, 3.8) is 0 Å². The molecule has 2 aromatic rings. The summed E-state index contributed by atoms with van der Waals surface area (Å²) in [4.78, 5) is 4.48. The number of aromatic nitrogens is 4. The fourth-order valence-electron chi connectivity index (χ4n) is 2.51. The number of nitrogens with one attached hydrogen (secondary N) is 1. The van der Waals surface area contributed by atoms with Gasteiger partial charge in [-0.15, -0.1) is 10.2 Å². The summed E-state index contributed by atoms with van der Waals surface area (Å²) in [5.41, 5.74) is 0.385. The molecule has 3 rings (SSSR count). The summed E-state index contributed by atoms with van der Waals surface area (Å²) in [6, 6.07) is 3.49. The summed E-state index contributed by atoms with van der Waals surface area (Å²) >= 11 is 0. The van der Waals surface area contributed by atoms with Gasteiger partial charge < -0.3 is 14.6 Å². The van der Waals surface area contributed by atoms with E-state index in [-0.39, 0.29) is 5.54 Å². The predicted octanol–water partition coefficient (Wildman–Crippen LogP) is 1.52. The minimum absolute atomic E-state index is 0.189. The Balaban J connectivity index is 1.89. The number of methoxy groups -OCH3 is 1. The number of hydrogen-bond donors (Lipinski definition) is 1. The van der Waals surface area contributed by atoms with Crippen LogP contribution in [0.3, 0.4) is 0 Å². The highest BCUT2D eigenvalue weighted by Gasteiger charge is 2.39. The molecule has 1 atom stereocenters. The topological polar surface area (TPSA) is 86.0 Å². The van der Waals surface area contributed by atoms with E-state index in [0.717, 1.165) is 25.8 Å². The van der Waals surface area contributed by atoms with E-state index in [4.69, 9.17) is 9.26 Å². The van der Waals surface area contributed by atoms with Crippen LogP contribution < -0.4 is 10.1 Å². The zero-order valence-electron chi connectivity index (χ0n) is 11.6. The van der Waals surface area contributed by atoms with Gasteiger partial charge in [-0.2, -0.15) is 4.98 Å². The molecule has 1 N–H and O–H groups in total. The Kier molecular flexibility index (Phi) is 3.35. The average Bonchev–Trinajstić information content (AvgIpc) is 3.17. The molecule has 3 heterocycles. The summed E-state index contributed by atoms with van der Waals surface area (Å²) < 4.78 is 10.4. The van der Waals surface area contributed by atoms with Crippen LogP contribution in [-0.2, 0) is 5.54 Å². The highest BCUT2D eigenvalue weighted by molar-refractivity contribution is 5.47. The van der Waals surface area contributed by atoms with Crippen molar-refractivity contribution in [1.29, 1.82) is 0 Å². The van der Waals surface area contributed by atoms with Gasteiger partial charge in [-0.3, -0.25) is 0 Å². The van der Waals surface area contributed by atoms with E-state index in [0.29, 0.717) is 23.3 Å². The smallest absolute Gasteiger partial charge is 0.247 e. The molecule has 106 valence electrons. The van der Waals surface area contributed by atoms with Crippen LogP contribution in [0.15, 0.2) is 16.7 Å². The summed E-state index contributed by atoms with van der Waals surface area (Å²) in [5.74, 6) is 1.54. The number of rotatable bonds is 4. The second-order valence-electron chi connectivity index (χ2n) is 4.85. The Morgan fingerprint density at radius 1 is 1.40 bits per heavy atom. The molecule has 7 heteroatoms. The Morgan fingerprint density at radius 3 is 2.90 bits per heavy atom. The zero-order chi connectivity index (χ0) is 14.0. The van der Waals surface area contributed by atoms with Crippen LogP contribution in [0, 0.1) is 0 Å². The third-order valence-corrected chi connectivity index (χ3v) is 3.76. The number of hydrogen-bond acceptors (Lipinski definition) is 7. The van der Waals surface area contributed by atoms with Crippen molar-refractivity contribution in [2.45, 2.75) is 31.7 Å². The normalized spacial score (nSPS) is 22.1. The average molecular weight is 275 g/mol. The van der Waals surface area contributed by atoms with E-state index in [1.54, 1.807) is 19.2 Å². The van der Waals surface area contributed by atoms with E-state index >= 15 is 0 Å². The van der Waals surface area contributed by atoms with Crippen molar-refractivity contribution < 1.29 is 9.26 Å². The predicted molar refractivity (Wildman–Crippen MR) is 71.1 cm³/mol. The largest absolute Gasteiger partial charge is 0.480 e. The van der Waals surface area contributed by atoms with Gasteiger partial charge in [0.15, 0.2) is 0 Å².